The lowest BCUT2D eigenvalue weighted by molar-refractivity contribution is -0.390. The molecule has 0 unspecified atom stereocenters. The van der Waals surface area contributed by atoms with E-state index < -0.39 is 4.92 Å². The molecule has 6 heteroatoms. The molecule has 6 nitrogen and oxygen atoms in total. The maximum absolute atomic E-state index is 10.3. The molecule has 66 valence electrons. The Hall–Kier alpha value is -1.59. The molecule has 0 aliphatic carbocycles. The minimum Gasteiger partial charge on any atom is -0.482 e. The van der Waals surface area contributed by atoms with E-state index in [0.29, 0.717) is 0 Å². The number of hydrogen-bond donors (Lipinski definition) is 1. The van der Waals surface area contributed by atoms with Gasteiger partial charge in [0.25, 0.3) is 0 Å². The molecule has 0 aromatic carbocycles. The third-order valence-electron chi connectivity index (χ3n) is 1.12. The fourth-order valence-electron chi connectivity index (χ4n) is 0.743. The fraction of sp³-hybridized carbons (Fsp3) is 0.500. The average molecular weight is 171 g/mol. The summed E-state index contributed by atoms with van der Waals surface area (Å²) in [6.07, 6.45) is 1.26. The quantitative estimate of drug-likeness (QED) is 0.545. The van der Waals surface area contributed by atoms with Gasteiger partial charge in [0.05, 0.1) is 17.4 Å². The van der Waals surface area contributed by atoms with Crippen molar-refractivity contribution >= 4 is 5.82 Å². The minimum atomic E-state index is -0.589. The first-order valence-corrected chi connectivity index (χ1v) is 3.46. The second-order valence-electron chi connectivity index (χ2n) is 2.50. The van der Waals surface area contributed by atoms with Gasteiger partial charge >= 0.3 is 5.82 Å². The van der Waals surface area contributed by atoms with Gasteiger partial charge in [-0.25, -0.2) is 0 Å². The van der Waals surface area contributed by atoms with Crippen LogP contribution in [0.25, 0.3) is 0 Å². The van der Waals surface area contributed by atoms with Gasteiger partial charge in [-0.05, 0) is 18.8 Å². The second kappa shape index (κ2) is 3.21. The van der Waals surface area contributed by atoms with E-state index >= 15 is 0 Å². The van der Waals surface area contributed by atoms with Gasteiger partial charge < -0.3 is 14.9 Å². The van der Waals surface area contributed by atoms with Crippen molar-refractivity contribution in [3.05, 3.63) is 16.3 Å². The van der Waals surface area contributed by atoms with Crippen LogP contribution in [0.1, 0.15) is 13.8 Å². The van der Waals surface area contributed by atoms with E-state index in [9.17, 15) is 10.1 Å². The molecule has 1 rings (SSSR count). The molecule has 0 fully saturated rings. The minimum absolute atomic E-state index is 0.0960. The van der Waals surface area contributed by atoms with E-state index in [1.165, 1.54) is 6.20 Å². The molecule has 0 radical (unpaired) electrons. The third-order valence-corrected chi connectivity index (χ3v) is 1.12. The maximum atomic E-state index is 10.3. The van der Waals surface area contributed by atoms with E-state index in [0.717, 1.165) is 0 Å². The Labute approximate surface area is 68.7 Å². The van der Waals surface area contributed by atoms with E-state index in [2.05, 4.69) is 10.2 Å². The Balaban J connectivity index is 2.84. The SMILES string of the molecule is CC(C)Oc1c[nH]nc1[N+](=O)[O-]. The average Bonchev–Trinajstić information content (AvgIpc) is 2.33. The predicted molar refractivity (Wildman–Crippen MR) is 41.0 cm³/mol. The van der Waals surface area contributed by atoms with Crippen molar-refractivity contribution < 1.29 is 9.66 Å². The maximum Gasteiger partial charge on any atom is 0.431 e. The number of aromatic nitrogens is 2. The zero-order valence-corrected chi connectivity index (χ0v) is 6.77. The molecule has 0 atom stereocenters. The van der Waals surface area contributed by atoms with Crippen molar-refractivity contribution in [3.63, 3.8) is 0 Å². The molecular formula is C6H9N3O3. The Kier molecular flexibility index (Phi) is 2.27. The Morgan fingerprint density at radius 2 is 2.42 bits per heavy atom. The predicted octanol–water partition coefficient (Wildman–Crippen LogP) is 1.11. The molecule has 0 saturated heterocycles. The highest BCUT2D eigenvalue weighted by Crippen LogP contribution is 2.23. The second-order valence-corrected chi connectivity index (χ2v) is 2.50. The molecule has 0 bridgehead atoms. The van der Waals surface area contributed by atoms with Crippen LogP contribution < -0.4 is 4.74 Å². The van der Waals surface area contributed by atoms with Crippen molar-refractivity contribution in [2.45, 2.75) is 20.0 Å². The van der Waals surface area contributed by atoms with Gasteiger partial charge in [-0.15, -0.1) is 0 Å². The first kappa shape index (κ1) is 8.51. The van der Waals surface area contributed by atoms with Crippen LogP contribution in [0.5, 0.6) is 5.75 Å². The number of H-pyrrole nitrogens is 1. The largest absolute Gasteiger partial charge is 0.482 e. The van der Waals surface area contributed by atoms with Crippen LogP contribution in [0.4, 0.5) is 5.82 Å². The summed E-state index contributed by atoms with van der Waals surface area (Å²) in [6.45, 7) is 3.58. The molecule has 1 aromatic rings. The summed E-state index contributed by atoms with van der Waals surface area (Å²) in [5, 5.41) is 16.1. The zero-order chi connectivity index (χ0) is 9.14. The molecular weight excluding hydrogens is 162 g/mol. The Bertz CT molecular complexity index is 281. The number of nitro groups is 1. The fourth-order valence-corrected chi connectivity index (χ4v) is 0.743. The van der Waals surface area contributed by atoms with E-state index in [-0.39, 0.29) is 17.7 Å². The summed E-state index contributed by atoms with van der Waals surface area (Å²) in [5.41, 5.74) is 0. The standard InChI is InChI=1S/C6H9N3O3/c1-4(2)12-5-3-7-8-6(5)9(10)11/h3-4H,1-2H3,(H,7,8). The third kappa shape index (κ3) is 1.71. The normalized spacial score (nSPS) is 10.2. The molecule has 1 heterocycles. The number of rotatable bonds is 3. The molecule has 0 spiro atoms. The Morgan fingerprint density at radius 3 is 2.92 bits per heavy atom. The summed E-state index contributed by atoms with van der Waals surface area (Å²) >= 11 is 0. The summed E-state index contributed by atoms with van der Waals surface area (Å²) < 4.78 is 5.11. The van der Waals surface area contributed by atoms with Crippen LogP contribution in [0.15, 0.2) is 6.20 Å². The van der Waals surface area contributed by atoms with Crippen LogP contribution in [0.2, 0.25) is 0 Å². The van der Waals surface area contributed by atoms with Gasteiger partial charge in [0.15, 0.2) is 0 Å². The summed E-state index contributed by atoms with van der Waals surface area (Å²) in [4.78, 5) is 9.72. The number of nitrogens with zero attached hydrogens (tertiary/aromatic N) is 2. The van der Waals surface area contributed by atoms with Crippen LogP contribution in [-0.2, 0) is 0 Å². The lowest BCUT2D eigenvalue weighted by Crippen LogP contribution is -2.06. The van der Waals surface area contributed by atoms with Crippen molar-refractivity contribution in [2.24, 2.45) is 0 Å². The van der Waals surface area contributed by atoms with E-state index in [1.54, 1.807) is 13.8 Å². The van der Waals surface area contributed by atoms with E-state index in [1.807, 2.05) is 0 Å². The lowest BCUT2D eigenvalue weighted by Gasteiger charge is -2.04. The smallest absolute Gasteiger partial charge is 0.431 e. The highest BCUT2D eigenvalue weighted by Gasteiger charge is 2.19. The molecule has 0 saturated carbocycles. The van der Waals surface area contributed by atoms with Gasteiger partial charge in [-0.2, -0.15) is 5.10 Å². The van der Waals surface area contributed by atoms with Crippen LogP contribution in [0, 0.1) is 10.1 Å². The molecule has 0 aliphatic heterocycles. The number of ether oxygens (including phenoxy) is 1. The van der Waals surface area contributed by atoms with Gasteiger partial charge in [0, 0.05) is 0 Å². The molecule has 12 heavy (non-hydrogen) atoms. The number of nitrogens with one attached hydrogen (secondary N) is 1. The van der Waals surface area contributed by atoms with Crippen molar-refractivity contribution in [2.75, 3.05) is 0 Å². The van der Waals surface area contributed by atoms with Crippen molar-refractivity contribution in [1.29, 1.82) is 0 Å². The van der Waals surface area contributed by atoms with Crippen LogP contribution in [-0.4, -0.2) is 21.2 Å². The highest BCUT2D eigenvalue weighted by molar-refractivity contribution is 5.36. The van der Waals surface area contributed by atoms with Gasteiger partial charge in [0.1, 0.15) is 0 Å². The van der Waals surface area contributed by atoms with Gasteiger partial charge in [0.2, 0.25) is 5.75 Å². The van der Waals surface area contributed by atoms with Crippen molar-refractivity contribution in [3.8, 4) is 5.75 Å². The monoisotopic (exact) mass is 171 g/mol. The molecule has 1 N–H and O–H groups in total. The first-order valence-electron chi connectivity index (χ1n) is 3.46. The topological polar surface area (TPSA) is 81.0 Å². The number of hydrogen-bond acceptors (Lipinski definition) is 4. The Morgan fingerprint density at radius 1 is 1.75 bits per heavy atom. The van der Waals surface area contributed by atoms with Gasteiger partial charge in [-0.3, -0.25) is 0 Å². The van der Waals surface area contributed by atoms with Crippen LogP contribution in [0.3, 0.4) is 0 Å². The summed E-state index contributed by atoms with van der Waals surface area (Å²) in [5.74, 6) is -0.0984. The van der Waals surface area contributed by atoms with Gasteiger partial charge in [-0.1, -0.05) is 0 Å². The van der Waals surface area contributed by atoms with E-state index in [4.69, 9.17) is 4.74 Å². The van der Waals surface area contributed by atoms with Crippen LogP contribution >= 0.6 is 0 Å². The number of aromatic amines is 1. The lowest BCUT2D eigenvalue weighted by atomic mass is 10.4. The molecule has 0 aliphatic rings. The highest BCUT2D eigenvalue weighted by atomic mass is 16.6. The summed E-state index contributed by atoms with van der Waals surface area (Å²) in [6, 6.07) is 0. The summed E-state index contributed by atoms with van der Waals surface area (Å²) in [7, 11) is 0. The molecule has 1 aromatic heterocycles. The van der Waals surface area contributed by atoms with Crippen molar-refractivity contribution in [1.82, 2.24) is 10.2 Å². The zero-order valence-electron chi connectivity index (χ0n) is 6.77. The molecule has 0 amide bonds. The first-order chi connectivity index (χ1) is 5.61.